The molecule has 1 aromatic rings. The molecular formula is C10H14FN3O3S. The second-order valence-corrected chi connectivity index (χ2v) is 4.78. The van der Waals surface area contributed by atoms with E-state index in [1.807, 2.05) is 0 Å². The number of hydrogen-bond donors (Lipinski definition) is 3. The molecule has 2 rings (SSSR count). The van der Waals surface area contributed by atoms with Gasteiger partial charge >= 0.3 is 0 Å². The van der Waals surface area contributed by atoms with Gasteiger partial charge < -0.3 is 20.7 Å². The molecule has 1 saturated heterocycles. The molecule has 0 bridgehead atoms. The lowest BCUT2D eigenvalue weighted by molar-refractivity contribution is -0.116. The summed E-state index contributed by atoms with van der Waals surface area (Å²) in [5.41, 5.74) is 4.09. The maximum Gasteiger partial charge on any atom is 0.203 e. The molecule has 2 heterocycles. The van der Waals surface area contributed by atoms with Crippen LogP contribution in [0.1, 0.15) is 13.2 Å². The smallest absolute Gasteiger partial charge is 0.203 e. The molecule has 1 fully saturated rings. The van der Waals surface area contributed by atoms with Crippen LogP contribution in [0.2, 0.25) is 0 Å². The summed E-state index contributed by atoms with van der Waals surface area (Å²) in [5.74, 6) is 0.218. The molecule has 18 heavy (non-hydrogen) atoms. The molecule has 1 aliphatic rings. The number of hydrogen-bond acceptors (Lipinski definition) is 6. The van der Waals surface area contributed by atoms with Crippen molar-refractivity contribution < 1.29 is 19.3 Å². The van der Waals surface area contributed by atoms with Crippen molar-refractivity contribution in [2.45, 2.75) is 31.0 Å². The largest absolute Gasteiger partial charge is 0.393 e. The predicted octanol–water partition coefficient (Wildman–Crippen LogP) is 0.174. The van der Waals surface area contributed by atoms with E-state index in [1.165, 1.54) is 23.8 Å². The molecule has 1 aromatic heterocycles. The molecule has 0 radical (unpaired) electrons. The number of alkyl halides is 1. The summed E-state index contributed by atoms with van der Waals surface area (Å²) in [5, 5.41) is 18.9. The molecular weight excluding hydrogens is 261 g/mol. The van der Waals surface area contributed by atoms with Crippen LogP contribution in [0.5, 0.6) is 0 Å². The number of aliphatic hydroxyl groups is 2. The Bertz CT molecular complexity index is 511. The Kier molecular flexibility index (Phi) is 3.37. The molecule has 4 N–H and O–H groups in total. The standard InChI is InChI=1S/C10H14FN3O3S/c1-10(4-15)7(16)6(11)8(17-10)14-3-2-5(12)13-9(14)18/h2-3,6-8,15-16H,4H2,1H3,(H2,12,13,18)/t6?,7-,8-,10-/m1/s1. The number of nitrogens with two attached hydrogens (primary N) is 1. The third-order valence-corrected chi connectivity index (χ3v) is 3.33. The first-order chi connectivity index (χ1) is 8.39. The van der Waals surface area contributed by atoms with Crippen LogP contribution in [-0.4, -0.2) is 44.2 Å². The number of nitrogens with zero attached hydrogens (tertiary/aromatic N) is 2. The number of halogens is 1. The molecule has 0 aromatic carbocycles. The van der Waals surface area contributed by atoms with Crippen LogP contribution in [0.25, 0.3) is 0 Å². The van der Waals surface area contributed by atoms with Gasteiger partial charge in [0.25, 0.3) is 0 Å². The van der Waals surface area contributed by atoms with E-state index in [1.54, 1.807) is 0 Å². The zero-order chi connectivity index (χ0) is 13.5. The third-order valence-electron chi connectivity index (χ3n) is 3.03. The second kappa shape index (κ2) is 4.54. The van der Waals surface area contributed by atoms with Crippen LogP contribution in [-0.2, 0) is 4.74 Å². The van der Waals surface area contributed by atoms with Crippen molar-refractivity contribution in [2.24, 2.45) is 0 Å². The fraction of sp³-hybridized carbons (Fsp3) is 0.600. The Morgan fingerprint density at radius 1 is 1.72 bits per heavy atom. The Hall–Kier alpha value is -1.09. The van der Waals surface area contributed by atoms with Crippen LogP contribution in [0.15, 0.2) is 12.3 Å². The quantitative estimate of drug-likeness (QED) is 0.666. The first kappa shape index (κ1) is 13.3. The predicted molar refractivity (Wildman–Crippen MR) is 64.0 cm³/mol. The third kappa shape index (κ3) is 2.01. The number of nitrogen functional groups attached to an aromatic ring is 1. The molecule has 8 heteroatoms. The maximum absolute atomic E-state index is 14.0. The summed E-state index contributed by atoms with van der Waals surface area (Å²) in [6.45, 7) is 0.930. The molecule has 1 unspecified atom stereocenters. The van der Waals surface area contributed by atoms with Gasteiger partial charge in [0.1, 0.15) is 17.5 Å². The molecule has 6 nitrogen and oxygen atoms in total. The number of ether oxygens (including phenoxy) is 1. The average Bonchev–Trinajstić information content (AvgIpc) is 2.55. The molecule has 0 spiro atoms. The van der Waals surface area contributed by atoms with Gasteiger partial charge in [-0.15, -0.1) is 0 Å². The fourth-order valence-electron chi connectivity index (χ4n) is 1.86. The van der Waals surface area contributed by atoms with E-state index in [0.29, 0.717) is 0 Å². The summed E-state index contributed by atoms with van der Waals surface area (Å²) >= 11 is 4.96. The molecule has 100 valence electrons. The molecule has 4 atom stereocenters. The van der Waals surface area contributed by atoms with E-state index in [-0.39, 0.29) is 10.6 Å². The van der Waals surface area contributed by atoms with Crippen LogP contribution < -0.4 is 5.73 Å². The summed E-state index contributed by atoms with van der Waals surface area (Å²) in [7, 11) is 0. The fourth-order valence-corrected chi connectivity index (χ4v) is 2.13. The van der Waals surface area contributed by atoms with Crippen molar-refractivity contribution in [3.63, 3.8) is 0 Å². The van der Waals surface area contributed by atoms with Crippen molar-refractivity contribution in [3.05, 3.63) is 17.0 Å². The van der Waals surface area contributed by atoms with Crippen molar-refractivity contribution >= 4 is 18.0 Å². The lowest BCUT2D eigenvalue weighted by Gasteiger charge is -2.24. The van der Waals surface area contributed by atoms with Crippen LogP contribution in [0, 0.1) is 4.77 Å². The van der Waals surface area contributed by atoms with E-state index in [9.17, 15) is 9.50 Å². The normalized spacial score (nSPS) is 35.9. The van der Waals surface area contributed by atoms with Crippen LogP contribution in [0.4, 0.5) is 10.2 Å². The van der Waals surface area contributed by atoms with Gasteiger partial charge in [-0.2, -0.15) is 0 Å². The first-order valence-electron chi connectivity index (χ1n) is 5.34. The summed E-state index contributed by atoms with van der Waals surface area (Å²) in [6, 6.07) is 1.45. The molecule has 0 amide bonds. The highest BCUT2D eigenvalue weighted by Crippen LogP contribution is 2.38. The maximum atomic E-state index is 14.0. The Balaban J connectivity index is 2.38. The zero-order valence-corrected chi connectivity index (χ0v) is 10.5. The SMILES string of the molecule is C[C@]1(CO)O[C@@H](n2ccc(N)nc2=S)C(F)[C@H]1O. The highest BCUT2D eigenvalue weighted by Gasteiger charge is 2.52. The van der Waals surface area contributed by atoms with Crippen LogP contribution >= 0.6 is 12.2 Å². The number of aliphatic hydroxyl groups excluding tert-OH is 2. The van der Waals surface area contributed by atoms with E-state index in [4.69, 9.17) is 27.8 Å². The number of anilines is 1. The van der Waals surface area contributed by atoms with Gasteiger partial charge in [-0.25, -0.2) is 9.37 Å². The lowest BCUT2D eigenvalue weighted by atomic mass is 9.99. The zero-order valence-electron chi connectivity index (χ0n) is 9.65. The van der Waals surface area contributed by atoms with Gasteiger partial charge in [-0.05, 0) is 25.2 Å². The van der Waals surface area contributed by atoms with Gasteiger partial charge in [-0.1, -0.05) is 0 Å². The molecule has 0 aliphatic carbocycles. The van der Waals surface area contributed by atoms with E-state index in [0.717, 1.165) is 0 Å². The van der Waals surface area contributed by atoms with Gasteiger partial charge in [0.05, 0.1) is 6.61 Å². The summed E-state index contributed by atoms with van der Waals surface area (Å²) < 4.78 is 20.7. The Morgan fingerprint density at radius 2 is 2.39 bits per heavy atom. The van der Waals surface area contributed by atoms with E-state index >= 15 is 0 Å². The molecule has 0 saturated carbocycles. The van der Waals surface area contributed by atoms with Gasteiger partial charge in [-0.3, -0.25) is 4.57 Å². The van der Waals surface area contributed by atoms with Crippen molar-refractivity contribution in [3.8, 4) is 0 Å². The van der Waals surface area contributed by atoms with Gasteiger partial charge in [0.15, 0.2) is 12.4 Å². The monoisotopic (exact) mass is 275 g/mol. The Labute approximate surface area is 108 Å². The lowest BCUT2D eigenvalue weighted by Crippen LogP contribution is -2.42. The first-order valence-corrected chi connectivity index (χ1v) is 5.75. The highest BCUT2D eigenvalue weighted by atomic mass is 32.1. The van der Waals surface area contributed by atoms with E-state index < -0.39 is 30.7 Å². The number of rotatable bonds is 2. The van der Waals surface area contributed by atoms with Crippen molar-refractivity contribution in [1.82, 2.24) is 9.55 Å². The van der Waals surface area contributed by atoms with Gasteiger partial charge in [0, 0.05) is 6.20 Å². The minimum absolute atomic E-state index is 0.0528. The van der Waals surface area contributed by atoms with E-state index in [2.05, 4.69) is 4.98 Å². The summed E-state index contributed by atoms with van der Waals surface area (Å²) in [6.07, 6.45) is -2.83. The average molecular weight is 275 g/mol. The minimum Gasteiger partial charge on any atom is -0.393 e. The van der Waals surface area contributed by atoms with Crippen molar-refractivity contribution in [2.75, 3.05) is 12.3 Å². The van der Waals surface area contributed by atoms with Crippen LogP contribution in [0.3, 0.4) is 0 Å². The van der Waals surface area contributed by atoms with Crippen molar-refractivity contribution in [1.29, 1.82) is 0 Å². The summed E-state index contributed by atoms with van der Waals surface area (Å²) in [4.78, 5) is 3.82. The minimum atomic E-state index is -1.71. The topological polar surface area (TPSA) is 93.5 Å². The molecule has 1 aliphatic heterocycles. The second-order valence-electron chi connectivity index (χ2n) is 4.41. The van der Waals surface area contributed by atoms with Gasteiger partial charge in [0.2, 0.25) is 4.77 Å². The highest BCUT2D eigenvalue weighted by molar-refractivity contribution is 7.71. The Morgan fingerprint density at radius 3 is 2.89 bits per heavy atom. The number of aromatic nitrogens is 2.